The molecule has 4 nitrogen and oxygen atoms in total. The molecule has 2 aromatic rings. The molecule has 4 heteroatoms. The molecule has 0 atom stereocenters. The Kier molecular flexibility index (Phi) is 6.03. The molecular weight excluding hydrogens is 288 g/mol. The van der Waals surface area contributed by atoms with E-state index in [0.717, 1.165) is 22.6 Å². The number of urea groups is 1. The topological polar surface area (TPSA) is 41.6 Å². The molecule has 0 unspecified atom stereocenters. The van der Waals surface area contributed by atoms with Crippen LogP contribution in [0.3, 0.4) is 0 Å². The summed E-state index contributed by atoms with van der Waals surface area (Å²) in [7, 11) is 0. The van der Waals surface area contributed by atoms with Gasteiger partial charge in [-0.15, -0.1) is 0 Å². The minimum Gasteiger partial charge on any atom is -0.491 e. The normalized spacial score (nSPS) is 10.2. The van der Waals surface area contributed by atoms with Crippen LogP contribution in [0, 0.1) is 13.8 Å². The summed E-state index contributed by atoms with van der Waals surface area (Å²) in [5, 5.41) is 2.90. The van der Waals surface area contributed by atoms with Crippen molar-refractivity contribution in [1.29, 1.82) is 0 Å². The second-order valence-electron chi connectivity index (χ2n) is 5.43. The summed E-state index contributed by atoms with van der Waals surface area (Å²) in [5.41, 5.74) is 3.15. The number of aryl methyl sites for hydroxylation is 2. The number of ether oxygens (including phenoxy) is 1. The van der Waals surface area contributed by atoms with Gasteiger partial charge in [0.1, 0.15) is 12.4 Å². The van der Waals surface area contributed by atoms with Crippen molar-refractivity contribution in [1.82, 2.24) is 5.32 Å². The van der Waals surface area contributed by atoms with Gasteiger partial charge in [-0.05, 0) is 50.1 Å². The monoisotopic (exact) mass is 312 g/mol. The summed E-state index contributed by atoms with van der Waals surface area (Å²) in [6.45, 7) is 7.54. The zero-order valence-corrected chi connectivity index (χ0v) is 14.0. The third kappa shape index (κ3) is 4.74. The number of carbonyl (C=O) groups excluding carboxylic acids is 1. The minimum atomic E-state index is -0.108. The van der Waals surface area contributed by atoms with E-state index in [1.165, 1.54) is 0 Å². The van der Waals surface area contributed by atoms with Crippen LogP contribution in [0.2, 0.25) is 0 Å². The largest absolute Gasteiger partial charge is 0.491 e. The number of rotatable bonds is 6. The van der Waals surface area contributed by atoms with E-state index in [1.54, 1.807) is 4.90 Å². The van der Waals surface area contributed by atoms with Crippen LogP contribution in [-0.4, -0.2) is 25.7 Å². The molecule has 0 fully saturated rings. The van der Waals surface area contributed by atoms with E-state index in [2.05, 4.69) is 11.4 Å². The molecule has 1 N–H and O–H groups in total. The van der Waals surface area contributed by atoms with E-state index in [1.807, 2.05) is 63.2 Å². The van der Waals surface area contributed by atoms with Crippen LogP contribution in [0.25, 0.3) is 0 Å². The molecule has 23 heavy (non-hydrogen) atoms. The van der Waals surface area contributed by atoms with E-state index < -0.39 is 0 Å². The first kappa shape index (κ1) is 16.9. The molecule has 0 heterocycles. The van der Waals surface area contributed by atoms with Gasteiger partial charge < -0.3 is 10.1 Å². The van der Waals surface area contributed by atoms with Gasteiger partial charge in [-0.3, -0.25) is 4.90 Å². The molecule has 122 valence electrons. The van der Waals surface area contributed by atoms with Crippen molar-refractivity contribution in [2.24, 2.45) is 0 Å². The summed E-state index contributed by atoms with van der Waals surface area (Å²) in [5.74, 6) is 0.870. The molecule has 0 saturated heterocycles. The molecule has 0 aromatic heterocycles. The van der Waals surface area contributed by atoms with E-state index in [4.69, 9.17) is 4.74 Å². The first-order valence-electron chi connectivity index (χ1n) is 7.92. The molecule has 0 spiro atoms. The van der Waals surface area contributed by atoms with Crippen LogP contribution in [0.4, 0.5) is 10.5 Å². The van der Waals surface area contributed by atoms with E-state index >= 15 is 0 Å². The summed E-state index contributed by atoms with van der Waals surface area (Å²) >= 11 is 0. The van der Waals surface area contributed by atoms with Crippen LogP contribution in [0.5, 0.6) is 5.75 Å². The van der Waals surface area contributed by atoms with Crippen LogP contribution in [0.1, 0.15) is 18.1 Å². The van der Waals surface area contributed by atoms with Crippen molar-refractivity contribution in [2.75, 3.05) is 24.6 Å². The number of anilines is 1. The number of hydrogen-bond acceptors (Lipinski definition) is 2. The quantitative estimate of drug-likeness (QED) is 0.821. The molecule has 2 amide bonds. The Labute approximate surface area is 138 Å². The number of nitrogens with zero attached hydrogens (tertiary/aromatic N) is 1. The summed E-state index contributed by atoms with van der Waals surface area (Å²) < 4.78 is 5.75. The lowest BCUT2D eigenvalue weighted by Crippen LogP contribution is -2.41. The maximum Gasteiger partial charge on any atom is 0.321 e. The van der Waals surface area contributed by atoms with E-state index in [9.17, 15) is 4.79 Å². The van der Waals surface area contributed by atoms with Crippen LogP contribution in [-0.2, 0) is 0 Å². The Hall–Kier alpha value is -2.49. The summed E-state index contributed by atoms with van der Waals surface area (Å²) in [4.78, 5) is 14.0. The van der Waals surface area contributed by atoms with Crippen molar-refractivity contribution < 1.29 is 9.53 Å². The van der Waals surface area contributed by atoms with Crippen LogP contribution >= 0.6 is 0 Å². The van der Waals surface area contributed by atoms with Gasteiger partial charge in [-0.1, -0.05) is 30.3 Å². The molecule has 0 radical (unpaired) electrons. The Morgan fingerprint density at radius 2 is 1.87 bits per heavy atom. The van der Waals surface area contributed by atoms with Gasteiger partial charge in [0.2, 0.25) is 0 Å². The Morgan fingerprint density at radius 1 is 1.13 bits per heavy atom. The molecular formula is C19H24N2O2. The van der Waals surface area contributed by atoms with Gasteiger partial charge in [0.15, 0.2) is 0 Å². The highest BCUT2D eigenvalue weighted by Gasteiger charge is 2.12. The van der Waals surface area contributed by atoms with Crippen LogP contribution < -0.4 is 15.0 Å². The minimum absolute atomic E-state index is 0.108. The second kappa shape index (κ2) is 8.22. The zero-order chi connectivity index (χ0) is 16.7. The Bertz CT molecular complexity index is 641. The zero-order valence-electron chi connectivity index (χ0n) is 14.0. The molecule has 0 bridgehead atoms. The third-order valence-electron chi connectivity index (χ3n) is 3.61. The smallest absolute Gasteiger partial charge is 0.321 e. The third-order valence-corrected chi connectivity index (χ3v) is 3.61. The fourth-order valence-electron chi connectivity index (χ4n) is 2.33. The lowest BCUT2D eigenvalue weighted by atomic mass is 10.1. The fourth-order valence-corrected chi connectivity index (χ4v) is 2.33. The Balaban J connectivity index is 1.83. The first-order valence-corrected chi connectivity index (χ1v) is 7.92. The number of benzene rings is 2. The molecule has 0 aliphatic heterocycles. The maximum absolute atomic E-state index is 12.3. The van der Waals surface area contributed by atoms with Crippen molar-refractivity contribution >= 4 is 11.7 Å². The van der Waals surface area contributed by atoms with Crippen molar-refractivity contribution in [2.45, 2.75) is 20.8 Å². The average molecular weight is 312 g/mol. The first-order chi connectivity index (χ1) is 11.1. The van der Waals surface area contributed by atoms with Crippen molar-refractivity contribution in [3.05, 3.63) is 59.7 Å². The van der Waals surface area contributed by atoms with Gasteiger partial charge in [-0.25, -0.2) is 4.79 Å². The van der Waals surface area contributed by atoms with Gasteiger partial charge in [0.25, 0.3) is 0 Å². The maximum atomic E-state index is 12.3. The number of amides is 2. The number of hydrogen-bond donors (Lipinski definition) is 1. The molecule has 2 rings (SSSR count). The summed E-state index contributed by atoms with van der Waals surface area (Å²) in [6.07, 6.45) is 0. The number of nitrogens with one attached hydrogen (secondary N) is 1. The standard InChI is InChI=1S/C19H24N2O2/c1-4-21(17-8-6-5-7-9-17)19(22)20-12-13-23-18-14-15(2)10-11-16(18)3/h5-11,14H,4,12-13H2,1-3H3,(H,20,22). The number of carbonyl (C=O) groups is 1. The van der Waals surface area contributed by atoms with Gasteiger partial charge in [0.05, 0.1) is 6.54 Å². The highest BCUT2D eigenvalue weighted by molar-refractivity contribution is 5.91. The van der Waals surface area contributed by atoms with Gasteiger partial charge in [0, 0.05) is 12.2 Å². The highest BCUT2D eigenvalue weighted by atomic mass is 16.5. The molecule has 0 saturated carbocycles. The predicted molar refractivity (Wildman–Crippen MR) is 94.3 cm³/mol. The Morgan fingerprint density at radius 3 is 2.57 bits per heavy atom. The van der Waals surface area contributed by atoms with Crippen molar-refractivity contribution in [3.8, 4) is 5.75 Å². The average Bonchev–Trinajstić information content (AvgIpc) is 2.56. The van der Waals surface area contributed by atoms with Crippen molar-refractivity contribution in [3.63, 3.8) is 0 Å². The highest BCUT2D eigenvalue weighted by Crippen LogP contribution is 2.18. The summed E-state index contributed by atoms with van der Waals surface area (Å²) in [6, 6.07) is 15.6. The molecule has 0 aliphatic carbocycles. The second-order valence-corrected chi connectivity index (χ2v) is 5.43. The lowest BCUT2D eigenvalue weighted by Gasteiger charge is -2.21. The fraction of sp³-hybridized carbons (Fsp3) is 0.316. The predicted octanol–water partition coefficient (Wildman–Crippen LogP) is 3.92. The van der Waals surface area contributed by atoms with E-state index in [-0.39, 0.29) is 6.03 Å². The molecule has 2 aromatic carbocycles. The van der Waals surface area contributed by atoms with Crippen LogP contribution in [0.15, 0.2) is 48.5 Å². The SMILES string of the molecule is CCN(C(=O)NCCOc1cc(C)ccc1C)c1ccccc1. The number of para-hydroxylation sites is 1. The lowest BCUT2D eigenvalue weighted by molar-refractivity contribution is 0.242. The van der Waals surface area contributed by atoms with E-state index in [0.29, 0.717) is 19.7 Å². The molecule has 0 aliphatic rings. The van der Waals surface area contributed by atoms with Gasteiger partial charge in [-0.2, -0.15) is 0 Å². The van der Waals surface area contributed by atoms with Gasteiger partial charge >= 0.3 is 6.03 Å².